The van der Waals surface area contributed by atoms with Crippen molar-refractivity contribution in [2.24, 2.45) is 7.05 Å². The molecule has 0 radical (unpaired) electrons. The molecule has 8 heteroatoms. The van der Waals surface area contributed by atoms with E-state index < -0.39 is 0 Å². The fourth-order valence-corrected chi connectivity index (χ4v) is 6.37. The Morgan fingerprint density at radius 1 is 1.06 bits per heavy atom. The number of amides is 1. The van der Waals surface area contributed by atoms with Crippen molar-refractivity contribution in [2.45, 2.75) is 39.3 Å². The van der Waals surface area contributed by atoms with Gasteiger partial charge >= 0.3 is 0 Å². The zero-order chi connectivity index (χ0) is 25.4. The van der Waals surface area contributed by atoms with Crippen LogP contribution in [0.4, 0.5) is 5.69 Å². The van der Waals surface area contributed by atoms with Crippen LogP contribution in [0.15, 0.2) is 59.1 Å². The number of thioether (sulfide) groups is 1. The van der Waals surface area contributed by atoms with Gasteiger partial charge in [0.15, 0.2) is 11.0 Å². The van der Waals surface area contributed by atoms with Crippen LogP contribution in [-0.2, 0) is 18.3 Å². The lowest BCUT2D eigenvalue weighted by atomic mass is 10.0. The average Bonchev–Trinajstić information content (AvgIpc) is 3.54. The lowest BCUT2D eigenvalue weighted by Gasteiger charge is -2.17. The van der Waals surface area contributed by atoms with E-state index in [1.807, 2.05) is 24.3 Å². The molecule has 0 fully saturated rings. The van der Waals surface area contributed by atoms with Gasteiger partial charge in [-0.15, -0.1) is 21.5 Å². The molecule has 0 aliphatic carbocycles. The number of carbonyl (C=O) groups is 1. The number of nitrogens with one attached hydrogen (secondary N) is 1. The van der Waals surface area contributed by atoms with Crippen LogP contribution >= 0.6 is 23.1 Å². The molecule has 6 nitrogen and oxygen atoms in total. The number of thiophene rings is 1. The molecule has 0 bridgehead atoms. The number of rotatable bonds is 7. The van der Waals surface area contributed by atoms with Gasteiger partial charge in [0.1, 0.15) is 0 Å². The Morgan fingerprint density at radius 2 is 1.81 bits per heavy atom. The second-order valence-corrected chi connectivity index (χ2v) is 10.9. The number of anilines is 1. The monoisotopic (exact) mass is 515 g/mol. The molecule has 0 spiro atoms. The van der Waals surface area contributed by atoms with Gasteiger partial charge in [0.25, 0.3) is 0 Å². The molecule has 3 heterocycles. The standard InChI is InChI=1S/C28H29N5OS2/c1-6-20-9-7-8-10-21(20)29-25(34)16-36-28-31-30-27(23-15-24-22(32(23)5)11-12-35-24)33(28)26-18(3)13-17(2)14-19(26)4/h7-15H,6,16H2,1-5H3,(H,29,34). The summed E-state index contributed by atoms with van der Waals surface area (Å²) in [5, 5.41) is 15.1. The van der Waals surface area contributed by atoms with E-state index >= 15 is 0 Å². The van der Waals surface area contributed by atoms with E-state index in [1.165, 1.54) is 27.5 Å². The van der Waals surface area contributed by atoms with Crippen LogP contribution in [0.5, 0.6) is 0 Å². The summed E-state index contributed by atoms with van der Waals surface area (Å²) in [4.78, 5) is 12.9. The minimum atomic E-state index is -0.0614. The number of fused-ring (bicyclic) bond motifs is 1. The van der Waals surface area contributed by atoms with Crippen molar-refractivity contribution in [3.05, 3.63) is 76.2 Å². The average molecular weight is 516 g/mol. The van der Waals surface area contributed by atoms with Gasteiger partial charge in [-0.1, -0.05) is 54.6 Å². The molecule has 5 rings (SSSR count). The number of nitrogens with zero attached hydrogens (tertiary/aromatic N) is 4. The first-order chi connectivity index (χ1) is 17.4. The van der Waals surface area contributed by atoms with Gasteiger partial charge in [-0.05, 0) is 67.5 Å². The van der Waals surface area contributed by atoms with Crippen LogP contribution in [0.2, 0.25) is 0 Å². The van der Waals surface area contributed by atoms with Crippen LogP contribution in [0.3, 0.4) is 0 Å². The first-order valence-electron chi connectivity index (χ1n) is 11.9. The highest BCUT2D eigenvalue weighted by Gasteiger charge is 2.23. The van der Waals surface area contributed by atoms with Crippen molar-refractivity contribution < 1.29 is 4.79 Å². The van der Waals surface area contributed by atoms with Crippen molar-refractivity contribution in [3.63, 3.8) is 0 Å². The zero-order valence-electron chi connectivity index (χ0n) is 21.1. The van der Waals surface area contributed by atoms with E-state index in [1.54, 1.807) is 11.3 Å². The van der Waals surface area contributed by atoms with Crippen molar-refractivity contribution in [2.75, 3.05) is 11.1 Å². The van der Waals surface area contributed by atoms with Gasteiger partial charge in [-0.3, -0.25) is 9.36 Å². The van der Waals surface area contributed by atoms with E-state index in [-0.39, 0.29) is 11.7 Å². The van der Waals surface area contributed by atoms with E-state index in [9.17, 15) is 4.79 Å². The summed E-state index contributed by atoms with van der Waals surface area (Å²) in [6.07, 6.45) is 0.862. The Bertz CT molecular complexity index is 1550. The minimum Gasteiger partial charge on any atom is -0.340 e. The topological polar surface area (TPSA) is 64.7 Å². The highest BCUT2D eigenvalue weighted by Crippen LogP contribution is 2.35. The SMILES string of the molecule is CCc1ccccc1NC(=O)CSc1nnc(-c2cc3sccc3n2C)n1-c1c(C)cc(C)cc1C. The highest BCUT2D eigenvalue weighted by molar-refractivity contribution is 7.99. The molecule has 36 heavy (non-hydrogen) atoms. The second kappa shape index (κ2) is 9.95. The number of aryl methyl sites for hydroxylation is 5. The third-order valence-corrected chi connectivity index (χ3v) is 8.17. The van der Waals surface area contributed by atoms with Crippen molar-refractivity contribution in [3.8, 4) is 17.2 Å². The van der Waals surface area contributed by atoms with Gasteiger partial charge in [0.05, 0.1) is 27.4 Å². The number of aromatic nitrogens is 4. The maximum Gasteiger partial charge on any atom is 0.234 e. The number of hydrogen-bond acceptors (Lipinski definition) is 5. The molecule has 2 aromatic carbocycles. The van der Waals surface area contributed by atoms with Crippen molar-refractivity contribution in [1.82, 2.24) is 19.3 Å². The van der Waals surface area contributed by atoms with E-state index in [0.29, 0.717) is 5.16 Å². The van der Waals surface area contributed by atoms with Crippen LogP contribution in [-0.4, -0.2) is 31.0 Å². The van der Waals surface area contributed by atoms with Crippen LogP contribution in [0.25, 0.3) is 27.4 Å². The number of para-hydroxylation sites is 1. The Balaban J connectivity index is 1.53. The number of carbonyl (C=O) groups excluding carboxylic acids is 1. The molecular formula is C28H29N5OS2. The summed E-state index contributed by atoms with van der Waals surface area (Å²) in [7, 11) is 2.06. The lowest BCUT2D eigenvalue weighted by Crippen LogP contribution is -2.16. The van der Waals surface area contributed by atoms with Gasteiger partial charge in [-0.25, -0.2) is 0 Å². The smallest absolute Gasteiger partial charge is 0.234 e. The minimum absolute atomic E-state index is 0.0614. The molecule has 0 aliphatic rings. The molecule has 184 valence electrons. The van der Waals surface area contributed by atoms with E-state index in [2.05, 4.69) is 89.0 Å². The van der Waals surface area contributed by atoms with Crippen molar-refractivity contribution in [1.29, 1.82) is 0 Å². The predicted molar refractivity (Wildman–Crippen MR) is 151 cm³/mol. The molecule has 0 atom stereocenters. The van der Waals surface area contributed by atoms with Crippen molar-refractivity contribution >= 4 is 44.9 Å². The molecular weight excluding hydrogens is 486 g/mol. The molecule has 3 aromatic heterocycles. The first-order valence-corrected chi connectivity index (χ1v) is 13.8. The van der Waals surface area contributed by atoms with Gasteiger partial charge in [0.2, 0.25) is 5.91 Å². The summed E-state index contributed by atoms with van der Waals surface area (Å²) in [6.45, 7) is 8.43. The zero-order valence-corrected chi connectivity index (χ0v) is 22.8. The Labute approximate surface area is 219 Å². The Kier molecular flexibility index (Phi) is 6.73. The molecule has 0 unspecified atom stereocenters. The van der Waals surface area contributed by atoms with E-state index in [4.69, 9.17) is 0 Å². The van der Waals surface area contributed by atoms with Crippen LogP contribution < -0.4 is 5.32 Å². The second-order valence-electron chi connectivity index (χ2n) is 9.00. The maximum atomic E-state index is 12.9. The number of hydrogen-bond donors (Lipinski definition) is 1. The fourth-order valence-electron chi connectivity index (χ4n) is 4.79. The van der Waals surface area contributed by atoms with E-state index in [0.717, 1.165) is 46.0 Å². The van der Waals surface area contributed by atoms with Crippen LogP contribution in [0.1, 0.15) is 29.2 Å². The third-order valence-electron chi connectivity index (χ3n) is 6.39. The summed E-state index contributed by atoms with van der Waals surface area (Å²) >= 11 is 3.12. The van der Waals surface area contributed by atoms with Crippen LogP contribution in [0, 0.1) is 20.8 Å². The third kappa shape index (κ3) is 4.47. The predicted octanol–water partition coefficient (Wildman–Crippen LogP) is 6.71. The molecule has 1 N–H and O–H groups in total. The number of benzene rings is 2. The maximum absolute atomic E-state index is 12.9. The molecule has 0 saturated heterocycles. The summed E-state index contributed by atoms with van der Waals surface area (Å²) in [5.74, 6) is 0.950. The molecule has 1 amide bonds. The quantitative estimate of drug-likeness (QED) is 0.245. The Morgan fingerprint density at radius 3 is 2.53 bits per heavy atom. The highest BCUT2D eigenvalue weighted by atomic mass is 32.2. The normalized spacial score (nSPS) is 11.4. The fraction of sp³-hybridized carbons (Fsp3) is 0.250. The molecule has 0 aliphatic heterocycles. The summed E-state index contributed by atoms with van der Waals surface area (Å²) in [6, 6.07) is 16.6. The molecule has 0 saturated carbocycles. The summed E-state index contributed by atoms with van der Waals surface area (Å²) < 4.78 is 5.48. The molecule has 5 aromatic rings. The van der Waals surface area contributed by atoms with Gasteiger partial charge in [0, 0.05) is 12.7 Å². The summed E-state index contributed by atoms with van der Waals surface area (Å²) in [5.41, 5.74) is 8.72. The van der Waals surface area contributed by atoms with Gasteiger partial charge < -0.3 is 9.88 Å². The largest absolute Gasteiger partial charge is 0.340 e. The van der Waals surface area contributed by atoms with Gasteiger partial charge in [-0.2, -0.15) is 0 Å². The first kappa shape index (κ1) is 24.3. The lowest BCUT2D eigenvalue weighted by molar-refractivity contribution is -0.113. The Hall–Kier alpha value is -3.36.